The molecule has 1 unspecified atom stereocenters. The van der Waals surface area contributed by atoms with Crippen LogP contribution in [0.25, 0.3) is 0 Å². The monoisotopic (exact) mass is 298 g/mol. The molecule has 0 aromatic rings. The quantitative estimate of drug-likeness (QED) is 0.467. The highest BCUT2D eigenvalue weighted by Gasteiger charge is 2.12. The lowest BCUT2D eigenvalue weighted by Gasteiger charge is -2.05. The molecular formula is C16H28NO2S. The van der Waals surface area contributed by atoms with E-state index in [2.05, 4.69) is 6.92 Å². The van der Waals surface area contributed by atoms with Crippen molar-refractivity contribution in [2.75, 3.05) is 5.75 Å². The molecule has 0 fully saturated rings. The van der Waals surface area contributed by atoms with E-state index in [1.54, 1.807) is 0 Å². The molecule has 0 aromatic carbocycles. The molecule has 0 amide bonds. The zero-order chi connectivity index (χ0) is 15.1. The number of aliphatic carboxylic acids is 1. The minimum absolute atomic E-state index is 0.508. The van der Waals surface area contributed by atoms with Crippen molar-refractivity contribution in [1.29, 1.82) is 5.26 Å². The van der Waals surface area contributed by atoms with Crippen LogP contribution in [0.5, 0.6) is 0 Å². The third-order valence-corrected chi connectivity index (χ3v) is 4.34. The van der Waals surface area contributed by atoms with Crippen molar-refractivity contribution < 1.29 is 9.90 Å². The summed E-state index contributed by atoms with van der Waals surface area (Å²) in [5.41, 5.74) is 0. The van der Waals surface area contributed by atoms with Gasteiger partial charge in [0.25, 0.3) is 0 Å². The summed E-state index contributed by atoms with van der Waals surface area (Å²) in [4.78, 5) is 10.4. The van der Waals surface area contributed by atoms with Crippen molar-refractivity contribution in [3.63, 3.8) is 0 Å². The van der Waals surface area contributed by atoms with E-state index < -0.39 is 11.2 Å². The molecule has 0 heterocycles. The number of nitrogens with zero attached hydrogens (tertiary/aromatic N) is 1. The van der Waals surface area contributed by atoms with Gasteiger partial charge >= 0.3 is 5.97 Å². The summed E-state index contributed by atoms with van der Waals surface area (Å²) >= 11 is 1.43. The average Bonchev–Trinajstić information content (AvgIpc) is 2.43. The van der Waals surface area contributed by atoms with Gasteiger partial charge in [0.15, 0.2) is 0 Å². The fourth-order valence-corrected chi connectivity index (χ4v) is 2.96. The Kier molecular flexibility index (Phi) is 14.2. The van der Waals surface area contributed by atoms with Crippen molar-refractivity contribution in [2.24, 2.45) is 0 Å². The van der Waals surface area contributed by atoms with Crippen LogP contribution in [0.1, 0.15) is 71.1 Å². The van der Waals surface area contributed by atoms with E-state index in [1.165, 1.54) is 69.5 Å². The van der Waals surface area contributed by atoms with Gasteiger partial charge in [0.05, 0.1) is 12.5 Å². The van der Waals surface area contributed by atoms with Crippen molar-refractivity contribution in [3.05, 3.63) is 6.42 Å². The number of carbonyl (C=O) groups is 1. The van der Waals surface area contributed by atoms with Crippen molar-refractivity contribution in [2.45, 2.75) is 76.4 Å². The fraction of sp³-hybridized carbons (Fsp3) is 0.812. The van der Waals surface area contributed by atoms with E-state index in [0.29, 0.717) is 0 Å². The number of carboxylic acid groups (broad SMARTS) is 1. The van der Waals surface area contributed by atoms with Crippen LogP contribution < -0.4 is 0 Å². The molecule has 3 nitrogen and oxygen atoms in total. The zero-order valence-corrected chi connectivity index (χ0v) is 13.5. The summed E-state index contributed by atoms with van der Waals surface area (Å²) in [6.45, 7) is 2.24. The first-order valence-electron chi connectivity index (χ1n) is 7.79. The SMILES string of the molecule is CCCCCCCCCCCCSC(C#N)[CH]C(=O)O. The fourth-order valence-electron chi connectivity index (χ4n) is 2.05. The summed E-state index contributed by atoms with van der Waals surface area (Å²) in [5, 5.41) is 16.8. The maximum atomic E-state index is 10.4. The molecule has 0 bridgehead atoms. The van der Waals surface area contributed by atoms with E-state index >= 15 is 0 Å². The Morgan fingerprint density at radius 2 is 1.60 bits per heavy atom. The second-order valence-corrected chi connectivity index (χ2v) is 6.36. The van der Waals surface area contributed by atoms with Gasteiger partial charge in [0.1, 0.15) is 5.25 Å². The smallest absolute Gasteiger partial charge is 0.309 e. The number of hydrogen-bond acceptors (Lipinski definition) is 3. The van der Waals surface area contributed by atoms with Crippen molar-refractivity contribution in [3.8, 4) is 6.07 Å². The van der Waals surface area contributed by atoms with Gasteiger partial charge < -0.3 is 5.11 Å². The van der Waals surface area contributed by atoms with Crippen molar-refractivity contribution in [1.82, 2.24) is 0 Å². The van der Waals surface area contributed by atoms with Gasteiger partial charge in [-0.2, -0.15) is 5.26 Å². The topological polar surface area (TPSA) is 61.1 Å². The molecule has 0 aliphatic carbocycles. The Morgan fingerprint density at radius 1 is 1.10 bits per heavy atom. The number of hydrogen-bond donors (Lipinski definition) is 1. The first kappa shape index (κ1) is 19.3. The van der Waals surface area contributed by atoms with Crippen LogP contribution in [0.3, 0.4) is 0 Å². The number of unbranched alkanes of at least 4 members (excludes halogenated alkanes) is 9. The number of rotatable bonds is 14. The Bertz CT molecular complexity index is 276. The van der Waals surface area contributed by atoms with Crippen LogP contribution >= 0.6 is 11.8 Å². The molecule has 1 N–H and O–H groups in total. The van der Waals surface area contributed by atoms with E-state index in [9.17, 15) is 4.79 Å². The summed E-state index contributed by atoms with van der Waals surface area (Å²) in [6, 6.07) is 2.00. The summed E-state index contributed by atoms with van der Waals surface area (Å²) in [5.74, 6) is -0.134. The predicted octanol–water partition coefficient (Wildman–Crippen LogP) is 4.82. The first-order chi connectivity index (χ1) is 9.70. The van der Waals surface area contributed by atoms with Gasteiger partial charge in [-0.3, -0.25) is 4.79 Å². The highest BCUT2D eigenvalue weighted by Crippen LogP contribution is 2.17. The zero-order valence-electron chi connectivity index (χ0n) is 12.6. The normalized spacial score (nSPS) is 12.0. The van der Waals surface area contributed by atoms with Crippen molar-refractivity contribution >= 4 is 17.7 Å². The third kappa shape index (κ3) is 13.7. The number of nitriles is 1. The maximum Gasteiger partial charge on any atom is 0.309 e. The molecule has 1 radical (unpaired) electrons. The Labute approximate surface area is 128 Å². The number of carboxylic acids is 1. The van der Waals surface area contributed by atoms with Gasteiger partial charge in [0, 0.05) is 0 Å². The van der Waals surface area contributed by atoms with E-state index in [0.717, 1.165) is 18.6 Å². The standard InChI is InChI=1S/C16H28NO2S/c1-2-3-4-5-6-7-8-9-10-11-12-20-15(14-17)13-16(18)19/h13,15H,2-12H2,1H3,(H,18,19). The molecule has 0 saturated heterocycles. The second-order valence-electron chi connectivity index (χ2n) is 5.11. The molecule has 115 valence electrons. The highest BCUT2D eigenvalue weighted by molar-refractivity contribution is 8.00. The lowest BCUT2D eigenvalue weighted by Crippen LogP contribution is -2.09. The van der Waals surface area contributed by atoms with Gasteiger partial charge in [-0.05, 0) is 12.2 Å². The van der Waals surface area contributed by atoms with Gasteiger partial charge in [-0.1, -0.05) is 64.7 Å². The predicted molar refractivity (Wildman–Crippen MR) is 85.6 cm³/mol. The minimum Gasteiger partial charge on any atom is -0.481 e. The molecule has 4 heteroatoms. The van der Waals surface area contributed by atoms with E-state index in [-0.39, 0.29) is 0 Å². The Balaban J connectivity index is 3.24. The van der Waals surface area contributed by atoms with Gasteiger partial charge in [-0.25, -0.2) is 0 Å². The molecule has 1 atom stereocenters. The molecule has 0 aromatic heterocycles. The third-order valence-electron chi connectivity index (χ3n) is 3.22. The second kappa shape index (κ2) is 14.7. The largest absolute Gasteiger partial charge is 0.481 e. The van der Waals surface area contributed by atoms with Gasteiger partial charge in [-0.15, -0.1) is 11.8 Å². The molecule has 0 saturated carbocycles. The van der Waals surface area contributed by atoms with Crippen LogP contribution in [0.2, 0.25) is 0 Å². The first-order valence-corrected chi connectivity index (χ1v) is 8.84. The van der Waals surface area contributed by atoms with Crippen LogP contribution in [-0.4, -0.2) is 22.1 Å². The Hall–Kier alpha value is -0.690. The van der Waals surface area contributed by atoms with Crippen LogP contribution in [0, 0.1) is 17.8 Å². The molecular weight excluding hydrogens is 270 g/mol. The molecule has 0 aliphatic rings. The summed E-state index contributed by atoms with van der Waals surface area (Å²) in [7, 11) is 0. The lowest BCUT2D eigenvalue weighted by molar-refractivity contribution is -0.133. The van der Waals surface area contributed by atoms with E-state index in [1.807, 2.05) is 6.07 Å². The Morgan fingerprint density at radius 3 is 2.05 bits per heavy atom. The minimum atomic E-state index is -1.01. The van der Waals surface area contributed by atoms with Gasteiger partial charge in [0.2, 0.25) is 0 Å². The highest BCUT2D eigenvalue weighted by atomic mass is 32.2. The van der Waals surface area contributed by atoms with Crippen LogP contribution in [0.15, 0.2) is 0 Å². The van der Waals surface area contributed by atoms with Crippen LogP contribution in [-0.2, 0) is 4.79 Å². The molecule has 0 rings (SSSR count). The summed E-state index contributed by atoms with van der Waals surface area (Å²) in [6.07, 6.45) is 14.0. The van der Waals surface area contributed by atoms with Crippen LogP contribution in [0.4, 0.5) is 0 Å². The average molecular weight is 298 g/mol. The molecule has 0 spiro atoms. The number of thioether (sulfide) groups is 1. The molecule has 20 heavy (non-hydrogen) atoms. The lowest BCUT2D eigenvalue weighted by atomic mass is 10.1. The maximum absolute atomic E-state index is 10.4. The molecule has 0 aliphatic heterocycles. The van der Waals surface area contributed by atoms with E-state index in [4.69, 9.17) is 10.4 Å². The summed E-state index contributed by atoms with van der Waals surface area (Å²) < 4.78 is 0.